The topological polar surface area (TPSA) is 92.5 Å². The summed E-state index contributed by atoms with van der Waals surface area (Å²) < 4.78 is 73.6. The van der Waals surface area contributed by atoms with Gasteiger partial charge in [-0.25, -0.2) is 31.3 Å². The number of halogens is 3. The molecule has 1 aromatic heterocycles. The monoisotopic (exact) mass is 493 g/mol. The lowest BCUT2D eigenvalue weighted by Gasteiger charge is -2.33. The van der Waals surface area contributed by atoms with Crippen molar-refractivity contribution in [1.29, 1.82) is 0 Å². The minimum Gasteiger partial charge on any atom is -0.441 e. The van der Waals surface area contributed by atoms with Gasteiger partial charge in [-0.05, 0) is 43.2 Å². The Morgan fingerprint density at radius 2 is 1.94 bits per heavy atom. The van der Waals surface area contributed by atoms with E-state index in [0.29, 0.717) is 19.4 Å². The van der Waals surface area contributed by atoms with E-state index in [0.717, 1.165) is 24.3 Å². The Labute approximate surface area is 194 Å². The Bertz CT molecular complexity index is 1300. The normalized spacial score (nSPS) is 16.6. The number of nitrogens with zero attached hydrogens (tertiary/aromatic N) is 2. The van der Waals surface area contributed by atoms with Crippen LogP contribution in [-0.4, -0.2) is 43.3 Å². The SMILES string of the molecule is O=C(CCc1ncc(-c2ccc(F)cc2F)o1)N1CCCC(NS(=O)(=O)c2cccc(F)c2)C1. The molecule has 4 rings (SSSR count). The van der Waals surface area contributed by atoms with Crippen molar-refractivity contribution in [2.75, 3.05) is 13.1 Å². The van der Waals surface area contributed by atoms with E-state index in [2.05, 4.69) is 9.71 Å². The zero-order valence-electron chi connectivity index (χ0n) is 18.0. The molecule has 0 spiro atoms. The van der Waals surface area contributed by atoms with E-state index in [1.165, 1.54) is 24.4 Å². The molecule has 1 atom stereocenters. The van der Waals surface area contributed by atoms with Crippen LogP contribution in [0.15, 0.2) is 58.0 Å². The maximum Gasteiger partial charge on any atom is 0.240 e. The number of sulfonamides is 1. The summed E-state index contributed by atoms with van der Waals surface area (Å²) in [7, 11) is -3.92. The Balaban J connectivity index is 1.34. The number of carbonyl (C=O) groups excluding carboxylic acids is 1. The zero-order chi connectivity index (χ0) is 24.3. The molecule has 180 valence electrons. The van der Waals surface area contributed by atoms with Gasteiger partial charge in [0.1, 0.15) is 17.5 Å². The number of carbonyl (C=O) groups is 1. The summed E-state index contributed by atoms with van der Waals surface area (Å²) in [6.45, 7) is 0.666. The first-order chi connectivity index (χ1) is 16.2. The highest BCUT2D eigenvalue weighted by molar-refractivity contribution is 7.89. The summed E-state index contributed by atoms with van der Waals surface area (Å²) in [5.41, 5.74) is 0.0657. The van der Waals surface area contributed by atoms with Crippen molar-refractivity contribution in [2.45, 2.75) is 36.6 Å². The van der Waals surface area contributed by atoms with Crippen LogP contribution in [0.25, 0.3) is 11.3 Å². The van der Waals surface area contributed by atoms with Gasteiger partial charge in [0.25, 0.3) is 0 Å². The third-order valence-corrected chi connectivity index (χ3v) is 7.02. The Hall–Kier alpha value is -3.18. The second-order valence-corrected chi connectivity index (χ2v) is 9.71. The summed E-state index contributed by atoms with van der Waals surface area (Å²) in [6.07, 6.45) is 2.70. The van der Waals surface area contributed by atoms with Crippen LogP contribution < -0.4 is 4.72 Å². The maximum absolute atomic E-state index is 13.9. The average Bonchev–Trinajstić information content (AvgIpc) is 3.26. The molecule has 11 heteroatoms. The summed E-state index contributed by atoms with van der Waals surface area (Å²) >= 11 is 0. The number of hydrogen-bond donors (Lipinski definition) is 1. The van der Waals surface area contributed by atoms with Crippen LogP contribution in [0.3, 0.4) is 0 Å². The fourth-order valence-electron chi connectivity index (χ4n) is 3.83. The van der Waals surface area contributed by atoms with Gasteiger partial charge in [-0.1, -0.05) is 6.07 Å². The van der Waals surface area contributed by atoms with Crippen molar-refractivity contribution in [3.05, 3.63) is 72.0 Å². The quantitative estimate of drug-likeness (QED) is 0.542. The van der Waals surface area contributed by atoms with Crippen LogP contribution in [0.5, 0.6) is 0 Å². The van der Waals surface area contributed by atoms with E-state index in [9.17, 15) is 26.4 Å². The van der Waals surface area contributed by atoms with E-state index in [-0.39, 0.29) is 47.4 Å². The lowest BCUT2D eigenvalue weighted by molar-refractivity contribution is -0.132. The van der Waals surface area contributed by atoms with Crippen molar-refractivity contribution in [1.82, 2.24) is 14.6 Å². The van der Waals surface area contributed by atoms with Crippen LogP contribution >= 0.6 is 0 Å². The molecule has 1 N–H and O–H groups in total. The predicted octanol–water partition coefficient (Wildman–Crippen LogP) is 3.66. The molecular formula is C23H22F3N3O4S. The number of hydrogen-bond acceptors (Lipinski definition) is 5. The van der Waals surface area contributed by atoms with E-state index in [1.54, 1.807) is 4.90 Å². The van der Waals surface area contributed by atoms with Gasteiger partial charge >= 0.3 is 0 Å². The molecule has 34 heavy (non-hydrogen) atoms. The minimum atomic E-state index is -3.92. The van der Waals surface area contributed by atoms with Crippen LogP contribution in [0.1, 0.15) is 25.2 Å². The van der Waals surface area contributed by atoms with E-state index < -0.39 is 33.5 Å². The van der Waals surface area contributed by atoms with Gasteiger partial charge in [0.15, 0.2) is 11.7 Å². The molecule has 1 aliphatic rings. The second-order valence-electron chi connectivity index (χ2n) is 8.00. The first-order valence-corrected chi connectivity index (χ1v) is 12.2. The molecule has 0 aliphatic carbocycles. The number of aromatic nitrogens is 1. The Morgan fingerprint density at radius 3 is 2.71 bits per heavy atom. The molecule has 1 amide bonds. The highest BCUT2D eigenvalue weighted by Crippen LogP contribution is 2.25. The van der Waals surface area contributed by atoms with Crippen LogP contribution in [-0.2, 0) is 21.2 Å². The van der Waals surface area contributed by atoms with E-state index in [1.807, 2.05) is 0 Å². The zero-order valence-corrected chi connectivity index (χ0v) is 18.8. The van der Waals surface area contributed by atoms with Crippen molar-refractivity contribution < 1.29 is 30.8 Å². The second kappa shape index (κ2) is 9.98. The number of rotatable bonds is 7. The molecular weight excluding hydrogens is 471 g/mol. The fraction of sp³-hybridized carbons (Fsp3) is 0.304. The lowest BCUT2D eigenvalue weighted by atomic mass is 10.1. The number of likely N-dealkylation sites (tertiary alicyclic amines) is 1. The Morgan fingerprint density at radius 1 is 1.15 bits per heavy atom. The van der Waals surface area contributed by atoms with Crippen LogP contribution in [0, 0.1) is 17.5 Å². The van der Waals surface area contributed by atoms with Crippen molar-refractivity contribution in [3.8, 4) is 11.3 Å². The number of piperidine rings is 1. The standard InChI is InChI=1S/C23H22F3N3O4S/c24-15-3-1-5-18(11-15)34(31,32)28-17-4-2-10-29(14-17)23(30)9-8-22-27-13-21(33-22)19-7-6-16(25)12-20(19)26/h1,3,5-7,11-13,17,28H,2,4,8-10,14H2. The number of oxazole rings is 1. The van der Waals surface area contributed by atoms with Crippen LogP contribution in [0.2, 0.25) is 0 Å². The molecule has 2 aromatic carbocycles. The first-order valence-electron chi connectivity index (χ1n) is 10.7. The average molecular weight is 494 g/mol. The van der Waals surface area contributed by atoms with Gasteiger partial charge in [0.2, 0.25) is 15.9 Å². The first kappa shape index (κ1) is 24.0. The number of nitrogens with one attached hydrogen (secondary N) is 1. The molecule has 1 unspecified atom stereocenters. The smallest absolute Gasteiger partial charge is 0.240 e. The van der Waals surface area contributed by atoms with Gasteiger partial charge in [-0.3, -0.25) is 4.79 Å². The summed E-state index contributed by atoms with van der Waals surface area (Å²) in [4.78, 5) is 18.1. The molecule has 0 saturated carbocycles. The summed E-state index contributed by atoms with van der Waals surface area (Å²) in [5, 5.41) is 0. The molecule has 3 aromatic rings. The van der Waals surface area contributed by atoms with Gasteiger partial charge in [-0.2, -0.15) is 0 Å². The predicted molar refractivity (Wildman–Crippen MR) is 116 cm³/mol. The fourth-order valence-corrected chi connectivity index (χ4v) is 5.13. The Kier molecular flexibility index (Phi) is 7.03. The molecule has 0 bridgehead atoms. The largest absolute Gasteiger partial charge is 0.441 e. The maximum atomic E-state index is 13.9. The minimum absolute atomic E-state index is 0.0647. The van der Waals surface area contributed by atoms with Crippen molar-refractivity contribution in [2.24, 2.45) is 0 Å². The molecule has 1 fully saturated rings. The van der Waals surface area contributed by atoms with Gasteiger partial charge in [0.05, 0.1) is 16.7 Å². The number of aryl methyl sites for hydroxylation is 1. The molecule has 0 radical (unpaired) electrons. The molecule has 1 aliphatic heterocycles. The van der Waals surface area contributed by atoms with Gasteiger partial charge < -0.3 is 9.32 Å². The molecule has 7 nitrogen and oxygen atoms in total. The third kappa shape index (κ3) is 5.65. The lowest BCUT2D eigenvalue weighted by Crippen LogP contribution is -2.49. The summed E-state index contributed by atoms with van der Waals surface area (Å²) in [5.74, 6) is -1.98. The summed E-state index contributed by atoms with van der Waals surface area (Å²) in [6, 6.07) is 7.33. The highest BCUT2D eigenvalue weighted by Gasteiger charge is 2.28. The molecule has 2 heterocycles. The van der Waals surface area contributed by atoms with E-state index >= 15 is 0 Å². The van der Waals surface area contributed by atoms with Gasteiger partial charge in [-0.15, -0.1) is 0 Å². The third-order valence-electron chi connectivity index (χ3n) is 5.51. The number of amides is 1. The van der Waals surface area contributed by atoms with Crippen molar-refractivity contribution >= 4 is 15.9 Å². The highest BCUT2D eigenvalue weighted by atomic mass is 32.2. The van der Waals surface area contributed by atoms with Crippen LogP contribution in [0.4, 0.5) is 13.2 Å². The van der Waals surface area contributed by atoms with E-state index in [4.69, 9.17) is 4.42 Å². The van der Waals surface area contributed by atoms with Gasteiger partial charge in [0, 0.05) is 38.0 Å². The van der Waals surface area contributed by atoms with Crippen molar-refractivity contribution in [3.63, 3.8) is 0 Å². The molecule has 1 saturated heterocycles. The number of benzene rings is 2.